The molecule has 4 nitrogen and oxygen atoms in total. The second-order valence-electron chi connectivity index (χ2n) is 4.56. The van der Waals surface area contributed by atoms with Crippen molar-refractivity contribution in [3.8, 4) is 0 Å². The van der Waals surface area contributed by atoms with Crippen molar-refractivity contribution >= 4 is 5.97 Å². The molecule has 2 atom stereocenters. The quantitative estimate of drug-likeness (QED) is 0.678. The number of carbonyl (C=O) groups is 1. The molecule has 0 saturated heterocycles. The van der Waals surface area contributed by atoms with Crippen LogP contribution in [0.5, 0.6) is 0 Å². The predicted molar refractivity (Wildman–Crippen MR) is 72.7 cm³/mol. The molecule has 0 aliphatic heterocycles. The van der Waals surface area contributed by atoms with Crippen LogP contribution in [0.15, 0.2) is 30.3 Å². The molecule has 19 heavy (non-hydrogen) atoms. The average molecular weight is 266 g/mol. The molecule has 1 aromatic carbocycles. The number of hydrogen-bond donors (Lipinski definition) is 0. The summed E-state index contributed by atoms with van der Waals surface area (Å²) in [6, 6.07) is 9.99. The van der Waals surface area contributed by atoms with Gasteiger partial charge in [0.15, 0.2) is 0 Å². The van der Waals surface area contributed by atoms with E-state index in [1.807, 2.05) is 37.3 Å². The lowest BCUT2D eigenvalue weighted by atomic mass is 10.2. The smallest absolute Gasteiger partial charge is 0.302 e. The lowest BCUT2D eigenvalue weighted by molar-refractivity contribution is -0.150. The third-order valence-electron chi connectivity index (χ3n) is 2.45. The minimum absolute atomic E-state index is 0.0262. The van der Waals surface area contributed by atoms with Gasteiger partial charge in [0.1, 0.15) is 6.10 Å². The van der Waals surface area contributed by atoms with Gasteiger partial charge < -0.3 is 14.2 Å². The normalized spacial score (nSPS) is 13.8. The van der Waals surface area contributed by atoms with Gasteiger partial charge in [-0.3, -0.25) is 4.79 Å². The molecule has 1 aromatic rings. The summed E-state index contributed by atoms with van der Waals surface area (Å²) < 4.78 is 16.1. The van der Waals surface area contributed by atoms with Crippen LogP contribution in [0.4, 0.5) is 0 Å². The van der Waals surface area contributed by atoms with Crippen molar-refractivity contribution in [2.24, 2.45) is 0 Å². The van der Waals surface area contributed by atoms with Crippen LogP contribution in [0, 0.1) is 0 Å². The van der Waals surface area contributed by atoms with Crippen LogP contribution in [-0.4, -0.2) is 31.4 Å². The molecule has 4 heteroatoms. The molecular formula is C15H22O4. The molecule has 0 amide bonds. The maximum absolute atomic E-state index is 10.7. The van der Waals surface area contributed by atoms with Gasteiger partial charge in [0.25, 0.3) is 0 Å². The van der Waals surface area contributed by atoms with Gasteiger partial charge in [-0.15, -0.1) is 0 Å². The topological polar surface area (TPSA) is 44.8 Å². The summed E-state index contributed by atoms with van der Waals surface area (Å²) in [7, 11) is 0. The molecule has 0 bridgehead atoms. The molecule has 0 radical (unpaired) electrons. The second kappa shape index (κ2) is 8.67. The Hall–Kier alpha value is -1.39. The maximum Gasteiger partial charge on any atom is 0.302 e. The van der Waals surface area contributed by atoms with E-state index in [9.17, 15) is 4.79 Å². The highest BCUT2D eigenvalue weighted by Crippen LogP contribution is 2.03. The van der Waals surface area contributed by atoms with Crippen LogP contribution >= 0.6 is 0 Å². The third-order valence-corrected chi connectivity index (χ3v) is 2.45. The number of benzene rings is 1. The van der Waals surface area contributed by atoms with E-state index in [1.54, 1.807) is 6.92 Å². The largest absolute Gasteiger partial charge is 0.460 e. The standard InChI is InChI=1S/C15H22O4/c1-12(18-10-13(2)19-14(3)16)9-17-11-15-7-5-4-6-8-15/h4-8,12-13H,9-11H2,1-3H3. The highest BCUT2D eigenvalue weighted by molar-refractivity contribution is 5.66. The lowest BCUT2D eigenvalue weighted by Gasteiger charge is -2.17. The molecule has 0 aliphatic rings. The number of ether oxygens (including phenoxy) is 3. The van der Waals surface area contributed by atoms with E-state index in [0.29, 0.717) is 19.8 Å². The SMILES string of the molecule is CC(=O)OC(C)COC(C)COCc1ccccc1. The van der Waals surface area contributed by atoms with Crippen molar-refractivity contribution in [2.45, 2.75) is 39.6 Å². The molecule has 0 N–H and O–H groups in total. The van der Waals surface area contributed by atoms with Crippen LogP contribution < -0.4 is 0 Å². The number of rotatable bonds is 8. The fourth-order valence-electron chi connectivity index (χ4n) is 1.58. The van der Waals surface area contributed by atoms with E-state index in [1.165, 1.54) is 6.92 Å². The van der Waals surface area contributed by atoms with Crippen LogP contribution in [0.2, 0.25) is 0 Å². The van der Waals surface area contributed by atoms with Crippen molar-refractivity contribution in [1.82, 2.24) is 0 Å². The van der Waals surface area contributed by atoms with Gasteiger partial charge >= 0.3 is 5.97 Å². The second-order valence-corrected chi connectivity index (χ2v) is 4.56. The van der Waals surface area contributed by atoms with Gasteiger partial charge in [-0.25, -0.2) is 0 Å². The van der Waals surface area contributed by atoms with Crippen LogP contribution in [0.1, 0.15) is 26.3 Å². The minimum atomic E-state index is -0.288. The summed E-state index contributed by atoms with van der Waals surface area (Å²) in [5, 5.41) is 0. The Bertz CT molecular complexity index is 364. The van der Waals surface area contributed by atoms with Gasteiger partial charge in [-0.1, -0.05) is 30.3 Å². The first kappa shape index (κ1) is 15.7. The zero-order valence-electron chi connectivity index (χ0n) is 11.8. The van der Waals surface area contributed by atoms with Crippen LogP contribution in [0.3, 0.4) is 0 Å². The Morgan fingerprint density at radius 1 is 1.11 bits per heavy atom. The summed E-state index contributed by atoms with van der Waals surface area (Å²) in [6.45, 7) is 6.61. The summed E-state index contributed by atoms with van der Waals surface area (Å²) in [6.07, 6.45) is -0.254. The van der Waals surface area contributed by atoms with E-state index < -0.39 is 0 Å². The molecule has 0 aromatic heterocycles. The summed E-state index contributed by atoms with van der Waals surface area (Å²) in [5.41, 5.74) is 1.14. The number of esters is 1. The molecule has 0 aliphatic carbocycles. The monoisotopic (exact) mass is 266 g/mol. The first-order valence-corrected chi connectivity index (χ1v) is 6.48. The summed E-state index contributed by atoms with van der Waals surface area (Å²) in [5.74, 6) is -0.288. The predicted octanol–water partition coefficient (Wildman–Crippen LogP) is 2.56. The van der Waals surface area contributed by atoms with E-state index in [-0.39, 0.29) is 18.2 Å². The Labute approximate surface area is 114 Å². The fraction of sp³-hybridized carbons (Fsp3) is 0.533. The molecule has 0 fully saturated rings. The Balaban J connectivity index is 2.11. The summed E-state index contributed by atoms with van der Waals surface area (Å²) in [4.78, 5) is 10.7. The highest BCUT2D eigenvalue weighted by Gasteiger charge is 2.09. The van der Waals surface area contributed by atoms with Gasteiger partial charge in [-0.05, 0) is 19.4 Å². The Morgan fingerprint density at radius 3 is 2.42 bits per heavy atom. The van der Waals surface area contributed by atoms with Crippen molar-refractivity contribution in [3.05, 3.63) is 35.9 Å². The first-order valence-electron chi connectivity index (χ1n) is 6.48. The van der Waals surface area contributed by atoms with E-state index in [4.69, 9.17) is 14.2 Å². The zero-order valence-corrected chi connectivity index (χ0v) is 11.8. The summed E-state index contributed by atoms with van der Waals surface area (Å²) >= 11 is 0. The lowest BCUT2D eigenvalue weighted by Crippen LogP contribution is -2.24. The highest BCUT2D eigenvalue weighted by atomic mass is 16.6. The molecule has 2 unspecified atom stereocenters. The van der Waals surface area contributed by atoms with E-state index >= 15 is 0 Å². The average Bonchev–Trinajstić information content (AvgIpc) is 2.37. The Kier molecular flexibility index (Phi) is 7.15. The molecule has 106 valence electrons. The molecule has 0 spiro atoms. The van der Waals surface area contributed by atoms with Crippen LogP contribution in [-0.2, 0) is 25.6 Å². The first-order chi connectivity index (χ1) is 9.08. The maximum atomic E-state index is 10.7. The molecular weight excluding hydrogens is 244 g/mol. The van der Waals surface area contributed by atoms with Crippen molar-refractivity contribution in [3.63, 3.8) is 0 Å². The zero-order chi connectivity index (χ0) is 14.1. The van der Waals surface area contributed by atoms with Gasteiger partial charge in [0.2, 0.25) is 0 Å². The molecule has 1 rings (SSSR count). The Morgan fingerprint density at radius 2 is 1.79 bits per heavy atom. The molecule has 0 heterocycles. The number of hydrogen-bond acceptors (Lipinski definition) is 4. The van der Waals surface area contributed by atoms with Crippen molar-refractivity contribution in [1.29, 1.82) is 0 Å². The van der Waals surface area contributed by atoms with E-state index in [0.717, 1.165) is 5.56 Å². The number of carbonyl (C=O) groups excluding carboxylic acids is 1. The van der Waals surface area contributed by atoms with Crippen LogP contribution in [0.25, 0.3) is 0 Å². The van der Waals surface area contributed by atoms with E-state index in [2.05, 4.69) is 0 Å². The van der Waals surface area contributed by atoms with Gasteiger partial charge in [-0.2, -0.15) is 0 Å². The molecule has 0 saturated carbocycles. The van der Waals surface area contributed by atoms with Crippen molar-refractivity contribution in [2.75, 3.05) is 13.2 Å². The fourth-order valence-corrected chi connectivity index (χ4v) is 1.58. The minimum Gasteiger partial charge on any atom is -0.460 e. The van der Waals surface area contributed by atoms with Gasteiger partial charge in [0, 0.05) is 6.92 Å². The van der Waals surface area contributed by atoms with Crippen molar-refractivity contribution < 1.29 is 19.0 Å². The third kappa shape index (κ3) is 7.59. The van der Waals surface area contributed by atoms with Gasteiger partial charge in [0.05, 0.1) is 25.9 Å².